The maximum absolute atomic E-state index is 5.87. The second kappa shape index (κ2) is 4.85. The first-order valence-corrected chi connectivity index (χ1v) is 8.17. The highest BCUT2D eigenvalue weighted by atomic mass is 32.1. The summed E-state index contributed by atoms with van der Waals surface area (Å²) in [5.74, 6) is 1.33. The molecule has 106 valence electrons. The van der Waals surface area contributed by atoms with Gasteiger partial charge in [0.2, 0.25) is 5.90 Å². The van der Waals surface area contributed by atoms with Gasteiger partial charge in [0.05, 0.1) is 11.6 Å². The van der Waals surface area contributed by atoms with Crippen LogP contribution in [0.15, 0.2) is 47.5 Å². The first kappa shape index (κ1) is 12.8. The van der Waals surface area contributed by atoms with Crippen molar-refractivity contribution in [3.8, 4) is 0 Å². The lowest BCUT2D eigenvalue weighted by Crippen LogP contribution is -2.13. The molecule has 2 aromatic carbocycles. The molecular formula is C18H17NOS. The molecule has 0 N–H and O–H groups in total. The monoisotopic (exact) mass is 295 g/mol. The molecule has 0 spiro atoms. The Balaban J connectivity index is 1.92. The van der Waals surface area contributed by atoms with Crippen molar-refractivity contribution in [2.45, 2.75) is 19.9 Å². The third-order valence-electron chi connectivity index (χ3n) is 4.08. The highest BCUT2D eigenvalue weighted by Gasteiger charge is 2.24. The molecular weight excluding hydrogens is 278 g/mol. The second-order valence-electron chi connectivity index (χ2n) is 5.84. The van der Waals surface area contributed by atoms with E-state index in [9.17, 15) is 0 Å². The zero-order valence-electron chi connectivity index (χ0n) is 12.2. The average Bonchev–Trinajstić information content (AvgIpc) is 3.11. The van der Waals surface area contributed by atoms with E-state index in [2.05, 4.69) is 56.3 Å². The van der Waals surface area contributed by atoms with Crippen LogP contribution in [0, 0.1) is 5.92 Å². The number of thiophene rings is 1. The van der Waals surface area contributed by atoms with E-state index in [4.69, 9.17) is 9.73 Å². The summed E-state index contributed by atoms with van der Waals surface area (Å²) < 4.78 is 8.47. The molecule has 3 heteroatoms. The number of benzene rings is 2. The topological polar surface area (TPSA) is 21.6 Å². The van der Waals surface area contributed by atoms with Crippen molar-refractivity contribution in [3.05, 3.63) is 48.0 Å². The Morgan fingerprint density at radius 1 is 1.10 bits per heavy atom. The van der Waals surface area contributed by atoms with Crippen LogP contribution in [0.3, 0.4) is 0 Å². The summed E-state index contributed by atoms with van der Waals surface area (Å²) in [4.78, 5) is 4.78. The van der Waals surface area contributed by atoms with Gasteiger partial charge in [0.1, 0.15) is 6.61 Å². The van der Waals surface area contributed by atoms with Crippen molar-refractivity contribution in [2.24, 2.45) is 10.9 Å². The van der Waals surface area contributed by atoms with E-state index in [0.29, 0.717) is 12.5 Å². The molecule has 0 radical (unpaired) electrons. The predicted molar refractivity (Wildman–Crippen MR) is 90.4 cm³/mol. The van der Waals surface area contributed by atoms with Crippen LogP contribution in [0.4, 0.5) is 0 Å². The molecule has 2 nitrogen and oxygen atoms in total. The van der Waals surface area contributed by atoms with Gasteiger partial charge in [0.25, 0.3) is 0 Å². The molecule has 1 aliphatic rings. The normalized spacial score (nSPS) is 18.4. The van der Waals surface area contributed by atoms with Gasteiger partial charge < -0.3 is 4.74 Å². The smallest absolute Gasteiger partial charge is 0.218 e. The first-order chi connectivity index (χ1) is 10.2. The molecule has 1 aliphatic heterocycles. The minimum Gasteiger partial charge on any atom is -0.475 e. The maximum Gasteiger partial charge on any atom is 0.218 e. The van der Waals surface area contributed by atoms with Crippen LogP contribution in [0.2, 0.25) is 0 Å². The Kier molecular flexibility index (Phi) is 2.96. The van der Waals surface area contributed by atoms with Gasteiger partial charge in [-0.25, -0.2) is 4.99 Å². The van der Waals surface area contributed by atoms with Crippen molar-refractivity contribution in [1.82, 2.24) is 0 Å². The number of fused-ring (bicyclic) bond motifs is 3. The minimum atomic E-state index is 0.282. The Labute approximate surface area is 128 Å². The van der Waals surface area contributed by atoms with Crippen molar-refractivity contribution in [2.75, 3.05) is 6.61 Å². The van der Waals surface area contributed by atoms with Crippen LogP contribution in [0.25, 0.3) is 20.2 Å². The van der Waals surface area contributed by atoms with Crippen LogP contribution in [-0.2, 0) is 4.74 Å². The molecule has 3 aromatic rings. The molecule has 0 amide bonds. The molecule has 1 aromatic heterocycles. The van der Waals surface area contributed by atoms with Gasteiger partial charge in [-0.1, -0.05) is 44.2 Å². The lowest BCUT2D eigenvalue weighted by atomic mass is 10.1. The molecule has 0 saturated carbocycles. The van der Waals surface area contributed by atoms with Crippen molar-refractivity contribution in [3.63, 3.8) is 0 Å². The standard InChI is InChI=1S/C18H17NOS/c1-11(2)15-10-20-18(19-15)14-8-5-7-13-12-6-3-4-9-16(12)21-17(13)14/h3-9,11,15H,10H2,1-2H3/t15-/m1/s1. The molecule has 2 heterocycles. The summed E-state index contributed by atoms with van der Waals surface area (Å²) in [6.07, 6.45) is 0. The van der Waals surface area contributed by atoms with Gasteiger partial charge in [0.15, 0.2) is 0 Å². The van der Waals surface area contributed by atoms with Crippen LogP contribution in [0.5, 0.6) is 0 Å². The molecule has 0 unspecified atom stereocenters. The van der Waals surface area contributed by atoms with Gasteiger partial charge in [-0.3, -0.25) is 0 Å². The maximum atomic E-state index is 5.87. The summed E-state index contributed by atoms with van der Waals surface area (Å²) in [6, 6.07) is 15.3. The third-order valence-corrected chi connectivity index (χ3v) is 5.30. The van der Waals surface area contributed by atoms with Crippen molar-refractivity contribution >= 4 is 37.4 Å². The molecule has 4 rings (SSSR count). The van der Waals surface area contributed by atoms with Gasteiger partial charge in [-0.2, -0.15) is 0 Å². The summed E-state index contributed by atoms with van der Waals surface area (Å²) in [5, 5.41) is 2.62. The van der Waals surface area contributed by atoms with Gasteiger partial charge in [-0.05, 0) is 18.1 Å². The first-order valence-electron chi connectivity index (χ1n) is 7.35. The Morgan fingerprint density at radius 2 is 1.90 bits per heavy atom. The Hall–Kier alpha value is -1.87. The number of ether oxygens (including phenoxy) is 1. The largest absolute Gasteiger partial charge is 0.475 e. The second-order valence-corrected chi connectivity index (χ2v) is 6.89. The summed E-state index contributed by atoms with van der Waals surface area (Å²) >= 11 is 1.82. The summed E-state index contributed by atoms with van der Waals surface area (Å²) in [6.45, 7) is 5.09. The van der Waals surface area contributed by atoms with E-state index in [1.165, 1.54) is 20.2 Å². The van der Waals surface area contributed by atoms with Gasteiger partial charge >= 0.3 is 0 Å². The van der Waals surface area contributed by atoms with E-state index < -0.39 is 0 Å². The fraction of sp³-hybridized carbons (Fsp3) is 0.278. The lowest BCUT2D eigenvalue weighted by Gasteiger charge is -2.06. The zero-order chi connectivity index (χ0) is 14.4. The van der Waals surface area contributed by atoms with Gasteiger partial charge in [-0.15, -0.1) is 11.3 Å². The highest BCUT2D eigenvalue weighted by molar-refractivity contribution is 7.26. The Bertz CT molecular complexity index is 847. The van der Waals surface area contributed by atoms with E-state index in [1.807, 2.05) is 11.3 Å². The molecule has 0 aliphatic carbocycles. The summed E-state index contributed by atoms with van der Waals surface area (Å²) in [5.41, 5.74) is 1.14. The highest BCUT2D eigenvalue weighted by Crippen LogP contribution is 2.36. The summed E-state index contributed by atoms with van der Waals surface area (Å²) in [7, 11) is 0. The minimum absolute atomic E-state index is 0.282. The zero-order valence-corrected chi connectivity index (χ0v) is 13.0. The van der Waals surface area contributed by atoms with Crippen molar-refractivity contribution in [1.29, 1.82) is 0 Å². The Morgan fingerprint density at radius 3 is 2.71 bits per heavy atom. The van der Waals surface area contributed by atoms with Crippen LogP contribution in [0.1, 0.15) is 19.4 Å². The lowest BCUT2D eigenvalue weighted by molar-refractivity contribution is 0.292. The van der Waals surface area contributed by atoms with Crippen LogP contribution in [-0.4, -0.2) is 18.5 Å². The number of hydrogen-bond donors (Lipinski definition) is 0. The van der Waals surface area contributed by atoms with E-state index >= 15 is 0 Å². The van der Waals surface area contributed by atoms with E-state index in [-0.39, 0.29) is 6.04 Å². The van der Waals surface area contributed by atoms with E-state index in [0.717, 1.165) is 11.5 Å². The van der Waals surface area contributed by atoms with Crippen LogP contribution < -0.4 is 0 Å². The van der Waals surface area contributed by atoms with E-state index in [1.54, 1.807) is 0 Å². The number of rotatable bonds is 2. The molecule has 0 fully saturated rings. The number of hydrogen-bond acceptors (Lipinski definition) is 3. The quantitative estimate of drug-likeness (QED) is 0.662. The predicted octanol–water partition coefficient (Wildman–Crippen LogP) is 4.86. The van der Waals surface area contributed by atoms with Crippen LogP contribution >= 0.6 is 11.3 Å². The fourth-order valence-corrected chi connectivity index (χ4v) is 4.00. The average molecular weight is 295 g/mol. The number of nitrogens with zero attached hydrogens (tertiary/aromatic N) is 1. The van der Waals surface area contributed by atoms with Crippen molar-refractivity contribution < 1.29 is 4.74 Å². The third kappa shape index (κ3) is 2.04. The van der Waals surface area contributed by atoms with Gasteiger partial charge in [0, 0.05) is 20.2 Å². The number of aliphatic imine (C=N–C) groups is 1. The SMILES string of the molecule is CC(C)[C@H]1COC(c2cccc3c2sc2ccccc23)=N1. The molecule has 1 atom stereocenters. The molecule has 21 heavy (non-hydrogen) atoms. The molecule has 0 saturated heterocycles. The molecule has 0 bridgehead atoms. The fourth-order valence-electron chi connectivity index (χ4n) is 2.79.